The average Bonchev–Trinajstić information content (AvgIpc) is 3.24. The van der Waals surface area contributed by atoms with Crippen LogP contribution in [0, 0.1) is 0 Å². The van der Waals surface area contributed by atoms with Crippen molar-refractivity contribution >= 4 is 11.8 Å². The second kappa shape index (κ2) is 8.12. The zero-order chi connectivity index (χ0) is 17.6. The maximum Gasteiger partial charge on any atom is 0.313 e. The first-order valence-corrected chi connectivity index (χ1v) is 8.79. The summed E-state index contributed by atoms with van der Waals surface area (Å²) in [6.45, 7) is 4.89. The Morgan fingerprint density at radius 2 is 2.04 bits per heavy atom. The molecule has 1 aliphatic heterocycles. The van der Waals surface area contributed by atoms with Gasteiger partial charge in [0.15, 0.2) is 5.78 Å². The predicted molar refractivity (Wildman–Crippen MR) is 95.5 cm³/mol. The number of nitrogens with one attached hydrogen (secondary N) is 1. The predicted octanol–water partition coefficient (Wildman–Crippen LogP) is 3.14. The number of nitrogens with zero attached hydrogens (tertiary/aromatic N) is 1. The molecule has 1 aliphatic rings. The lowest BCUT2D eigenvalue weighted by molar-refractivity contribution is -0.141. The number of Topliss-reactive ketones (excluding diaryl/α,β-unsaturated/α-hetero) is 1. The number of esters is 1. The third-order valence-electron chi connectivity index (χ3n) is 4.63. The summed E-state index contributed by atoms with van der Waals surface area (Å²) in [5, 5.41) is 0. The number of ketones is 1. The summed E-state index contributed by atoms with van der Waals surface area (Å²) in [5.74, 6) is -0.346. The quantitative estimate of drug-likeness (QED) is 0.478. The molecule has 1 aromatic heterocycles. The molecule has 0 radical (unpaired) electrons. The van der Waals surface area contributed by atoms with Crippen molar-refractivity contribution in [1.82, 2.24) is 9.88 Å². The zero-order valence-corrected chi connectivity index (χ0v) is 14.5. The number of H-pyrrole nitrogens is 1. The Morgan fingerprint density at radius 3 is 2.80 bits per heavy atom. The van der Waals surface area contributed by atoms with Crippen molar-refractivity contribution in [3.63, 3.8) is 0 Å². The van der Waals surface area contributed by atoms with E-state index in [1.54, 1.807) is 13.1 Å². The molecule has 0 bridgehead atoms. The smallest absolute Gasteiger partial charge is 0.313 e. The molecule has 1 aromatic carbocycles. The highest BCUT2D eigenvalue weighted by molar-refractivity contribution is 6.05. The van der Waals surface area contributed by atoms with Gasteiger partial charge in [0.25, 0.3) is 0 Å². The molecule has 25 heavy (non-hydrogen) atoms. The molecule has 0 saturated carbocycles. The van der Waals surface area contributed by atoms with E-state index in [4.69, 9.17) is 4.74 Å². The Bertz CT molecular complexity index is 724. The van der Waals surface area contributed by atoms with Gasteiger partial charge < -0.3 is 9.72 Å². The van der Waals surface area contributed by atoms with Crippen molar-refractivity contribution in [3.8, 4) is 0 Å². The molecule has 2 heterocycles. The second-order valence-corrected chi connectivity index (χ2v) is 6.42. The highest BCUT2D eigenvalue weighted by Gasteiger charge is 2.28. The van der Waals surface area contributed by atoms with Crippen molar-refractivity contribution in [1.29, 1.82) is 0 Å². The molecule has 2 aromatic rings. The Balaban J connectivity index is 1.63. The third-order valence-corrected chi connectivity index (χ3v) is 4.63. The first kappa shape index (κ1) is 17.4. The van der Waals surface area contributed by atoms with Crippen molar-refractivity contribution in [3.05, 3.63) is 59.4 Å². The summed E-state index contributed by atoms with van der Waals surface area (Å²) >= 11 is 0. The van der Waals surface area contributed by atoms with Gasteiger partial charge in [-0.2, -0.15) is 0 Å². The fraction of sp³-hybridized carbons (Fsp3) is 0.400. The van der Waals surface area contributed by atoms with Gasteiger partial charge in [0.2, 0.25) is 0 Å². The molecule has 0 aliphatic carbocycles. The fourth-order valence-electron chi connectivity index (χ4n) is 3.47. The number of hydrogen-bond acceptors (Lipinski definition) is 4. The van der Waals surface area contributed by atoms with E-state index < -0.39 is 5.97 Å². The molecule has 0 amide bonds. The molecule has 1 saturated heterocycles. The number of hydrogen-bond donors (Lipinski definition) is 1. The van der Waals surface area contributed by atoms with Gasteiger partial charge in [0.1, 0.15) is 6.42 Å². The molecule has 1 N–H and O–H groups in total. The Hall–Kier alpha value is -2.40. The van der Waals surface area contributed by atoms with Gasteiger partial charge >= 0.3 is 5.97 Å². The SMILES string of the molecule is CCOC(=O)CC(=O)c1[nH]ccc1C1CCN(Cc2ccccc2)C1. The minimum absolute atomic E-state index is 0.194. The molecular formula is C20H24N2O3. The van der Waals surface area contributed by atoms with Crippen LogP contribution in [0.4, 0.5) is 0 Å². The van der Waals surface area contributed by atoms with E-state index in [9.17, 15) is 9.59 Å². The highest BCUT2D eigenvalue weighted by atomic mass is 16.5. The molecule has 1 fully saturated rings. The Kier molecular flexibility index (Phi) is 5.66. The number of aromatic nitrogens is 1. The molecule has 132 valence electrons. The van der Waals surface area contributed by atoms with Crippen LogP contribution in [0.25, 0.3) is 0 Å². The first-order valence-electron chi connectivity index (χ1n) is 8.79. The van der Waals surface area contributed by atoms with Gasteiger partial charge in [-0.15, -0.1) is 0 Å². The molecule has 3 rings (SSSR count). The van der Waals surface area contributed by atoms with Crippen LogP contribution in [0.15, 0.2) is 42.6 Å². The minimum atomic E-state index is -0.467. The number of ether oxygens (including phenoxy) is 1. The summed E-state index contributed by atoms with van der Waals surface area (Å²) in [7, 11) is 0. The minimum Gasteiger partial charge on any atom is -0.466 e. The number of benzene rings is 1. The largest absolute Gasteiger partial charge is 0.466 e. The van der Waals surface area contributed by atoms with Gasteiger partial charge in [-0.1, -0.05) is 30.3 Å². The van der Waals surface area contributed by atoms with E-state index in [1.807, 2.05) is 12.1 Å². The average molecular weight is 340 g/mol. The number of aromatic amines is 1. The van der Waals surface area contributed by atoms with E-state index >= 15 is 0 Å². The molecule has 1 atom stereocenters. The normalized spacial score (nSPS) is 17.6. The fourth-order valence-corrected chi connectivity index (χ4v) is 3.47. The van der Waals surface area contributed by atoms with Crippen molar-refractivity contribution < 1.29 is 14.3 Å². The van der Waals surface area contributed by atoms with Crippen LogP contribution >= 0.6 is 0 Å². The maximum absolute atomic E-state index is 12.4. The summed E-state index contributed by atoms with van der Waals surface area (Å²) < 4.78 is 4.88. The Labute approximate surface area is 148 Å². The van der Waals surface area contributed by atoms with E-state index in [1.165, 1.54) is 5.56 Å². The van der Waals surface area contributed by atoms with E-state index in [0.29, 0.717) is 18.2 Å². The van der Waals surface area contributed by atoms with Gasteiger partial charge in [-0.25, -0.2) is 0 Å². The summed E-state index contributed by atoms with van der Waals surface area (Å²) in [4.78, 5) is 29.4. The summed E-state index contributed by atoms with van der Waals surface area (Å²) in [6.07, 6.45) is 2.60. The van der Waals surface area contributed by atoms with E-state index in [2.05, 4.69) is 34.1 Å². The van der Waals surface area contributed by atoms with Gasteiger partial charge in [-0.3, -0.25) is 14.5 Å². The summed E-state index contributed by atoms with van der Waals surface area (Å²) in [5.41, 5.74) is 2.88. The molecule has 0 spiro atoms. The third kappa shape index (κ3) is 4.37. The Morgan fingerprint density at radius 1 is 1.24 bits per heavy atom. The van der Waals surface area contributed by atoms with Crippen molar-refractivity contribution in [2.24, 2.45) is 0 Å². The van der Waals surface area contributed by atoms with Crippen LogP contribution in [0.1, 0.15) is 47.3 Å². The van der Waals surface area contributed by atoms with Crippen LogP contribution in [0.3, 0.4) is 0 Å². The number of carbonyl (C=O) groups excluding carboxylic acids is 2. The van der Waals surface area contributed by atoms with Crippen molar-refractivity contribution in [2.75, 3.05) is 19.7 Å². The standard InChI is InChI=1S/C20H24N2O3/c1-2-25-19(24)12-18(23)20-17(8-10-21-20)16-9-11-22(14-16)13-15-6-4-3-5-7-15/h3-8,10,16,21H,2,9,11-14H2,1H3. The zero-order valence-electron chi connectivity index (χ0n) is 14.5. The van der Waals surface area contributed by atoms with E-state index in [-0.39, 0.29) is 12.2 Å². The van der Waals surface area contributed by atoms with Crippen LogP contribution in [-0.4, -0.2) is 41.3 Å². The van der Waals surface area contributed by atoms with Crippen LogP contribution in [0.5, 0.6) is 0 Å². The van der Waals surface area contributed by atoms with E-state index in [0.717, 1.165) is 31.6 Å². The van der Waals surface area contributed by atoms with Crippen LogP contribution in [-0.2, 0) is 16.1 Å². The number of likely N-dealkylation sites (tertiary alicyclic amines) is 1. The topological polar surface area (TPSA) is 62.4 Å². The maximum atomic E-state index is 12.4. The molecular weight excluding hydrogens is 316 g/mol. The molecule has 5 nitrogen and oxygen atoms in total. The van der Waals surface area contributed by atoms with Gasteiger partial charge in [-0.05, 0) is 37.1 Å². The van der Waals surface area contributed by atoms with Gasteiger partial charge in [0, 0.05) is 25.2 Å². The van der Waals surface area contributed by atoms with Gasteiger partial charge in [0.05, 0.1) is 12.3 Å². The highest BCUT2D eigenvalue weighted by Crippen LogP contribution is 2.30. The monoisotopic (exact) mass is 340 g/mol. The molecule has 5 heteroatoms. The second-order valence-electron chi connectivity index (χ2n) is 6.42. The summed E-state index contributed by atoms with van der Waals surface area (Å²) in [6, 6.07) is 12.4. The number of rotatable bonds is 7. The van der Waals surface area contributed by atoms with Crippen molar-refractivity contribution in [2.45, 2.75) is 32.2 Å². The molecule has 1 unspecified atom stereocenters. The lowest BCUT2D eigenvalue weighted by Crippen LogP contribution is -2.20. The lowest BCUT2D eigenvalue weighted by Gasteiger charge is -2.16. The van der Waals surface area contributed by atoms with Crippen LogP contribution < -0.4 is 0 Å². The lowest BCUT2D eigenvalue weighted by atomic mass is 9.96. The first-order chi connectivity index (χ1) is 12.2. The van der Waals surface area contributed by atoms with Crippen LogP contribution in [0.2, 0.25) is 0 Å². The number of carbonyl (C=O) groups is 2.